The molecule has 0 bridgehead atoms. The van der Waals surface area contributed by atoms with Crippen LogP contribution in [0.25, 0.3) is 11.2 Å². The predicted octanol–water partition coefficient (Wildman–Crippen LogP) is 3.19. The Hall–Kier alpha value is -2.20. The van der Waals surface area contributed by atoms with Gasteiger partial charge in [0.05, 0.1) is 29.2 Å². The topological polar surface area (TPSA) is 122 Å². The molecule has 10 heteroatoms. The van der Waals surface area contributed by atoms with Crippen molar-refractivity contribution in [2.24, 2.45) is 5.73 Å². The van der Waals surface area contributed by atoms with Crippen molar-refractivity contribution >= 4 is 38.9 Å². The number of halogens is 1. The van der Waals surface area contributed by atoms with E-state index in [9.17, 15) is 0 Å². The van der Waals surface area contributed by atoms with E-state index < -0.39 is 0 Å². The van der Waals surface area contributed by atoms with Gasteiger partial charge in [0.15, 0.2) is 17.0 Å². The minimum atomic E-state index is 0.259. The van der Waals surface area contributed by atoms with Crippen LogP contribution in [0.15, 0.2) is 17.0 Å². The Kier molecular flexibility index (Phi) is 5.49. The fourth-order valence-electron chi connectivity index (χ4n) is 3.52. The number of imidazole rings is 1. The molecule has 0 unspecified atom stereocenters. The van der Waals surface area contributed by atoms with Crippen molar-refractivity contribution in [2.45, 2.75) is 64.2 Å². The van der Waals surface area contributed by atoms with Crippen LogP contribution in [0.4, 0.5) is 11.8 Å². The molecule has 9 nitrogen and oxygen atoms in total. The lowest BCUT2D eigenvalue weighted by molar-refractivity contribution is 0.410. The second-order valence-electron chi connectivity index (χ2n) is 7.62. The molecule has 1 fully saturated rings. The van der Waals surface area contributed by atoms with Crippen molar-refractivity contribution < 1.29 is 0 Å². The molecule has 3 heterocycles. The molecule has 0 saturated heterocycles. The maximum Gasteiger partial charge on any atom is 0.227 e. The molecule has 0 spiro atoms. The third-order valence-corrected chi connectivity index (χ3v) is 5.86. The number of aromatic nitrogens is 6. The number of nitrogens with one attached hydrogen (secondary N) is 3. The van der Waals surface area contributed by atoms with Crippen LogP contribution in [0.1, 0.15) is 51.3 Å². The molecule has 3 aromatic rings. The van der Waals surface area contributed by atoms with Crippen molar-refractivity contribution in [3.8, 4) is 0 Å². The smallest absolute Gasteiger partial charge is 0.227 e. The molecule has 0 atom stereocenters. The van der Waals surface area contributed by atoms with Crippen LogP contribution in [0, 0.1) is 0 Å². The van der Waals surface area contributed by atoms with Gasteiger partial charge in [0.25, 0.3) is 0 Å². The van der Waals surface area contributed by atoms with E-state index in [1.165, 1.54) is 0 Å². The van der Waals surface area contributed by atoms with E-state index in [0.717, 1.165) is 47.0 Å². The second-order valence-corrected chi connectivity index (χ2v) is 8.47. The number of anilines is 2. The number of nitrogens with two attached hydrogens (primary N) is 1. The maximum absolute atomic E-state index is 6.03. The Balaban J connectivity index is 1.63. The third kappa shape index (κ3) is 3.97. The van der Waals surface area contributed by atoms with Gasteiger partial charge in [-0.1, -0.05) is 0 Å². The average molecular weight is 448 g/mol. The summed E-state index contributed by atoms with van der Waals surface area (Å²) < 4.78 is 2.99. The molecular weight excluding hydrogens is 422 g/mol. The third-order valence-electron chi connectivity index (χ3n) is 5.18. The van der Waals surface area contributed by atoms with Gasteiger partial charge in [-0.3, -0.25) is 5.10 Å². The minimum absolute atomic E-state index is 0.259. The van der Waals surface area contributed by atoms with E-state index in [4.69, 9.17) is 15.7 Å². The summed E-state index contributed by atoms with van der Waals surface area (Å²) >= 11 is 3.49. The van der Waals surface area contributed by atoms with Gasteiger partial charge < -0.3 is 20.9 Å². The van der Waals surface area contributed by atoms with E-state index in [0.29, 0.717) is 30.4 Å². The van der Waals surface area contributed by atoms with Gasteiger partial charge in [-0.2, -0.15) is 15.1 Å². The quantitative estimate of drug-likeness (QED) is 0.457. The molecule has 0 aliphatic heterocycles. The van der Waals surface area contributed by atoms with Crippen LogP contribution < -0.4 is 16.4 Å². The largest absolute Gasteiger partial charge is 0.362 e. The first kappa shape index (κ1) is 19.1. The number of hydrogen-bond acceptors (Lipinski definition) is 7. The van der Waals surface area contributed by atoms with Gasteiger partial charge in [0.2, 0.25) is 5.95 Å². The summed E-state index contributed by atoms with van der Waals surface area (Å²) in [6.45, 7) is 4.79. The van der Waals surface area contributed by atoms with E-state index >= 15 is 0 Å². The lowest BCUT2D eigenvalue weighted by Gasteiger charge is -2.27. The molecule has 1 aliphatic rings. The zero-order chi connectivity index (χ0) is 19.7. The SMILES string of the molecule is CC(C)n1cnc2c(NCc3[nH]ncc3Br)nc(NC3CCC(N)CC3)nc21. The molecule has 150 valence electrons. The van der Waals surface area contributed by atoms with Crippen LogP contribution in [0.5, 0.6) is 0 Å². The summed E-state index contributed by atoms with van der Waals surface area (Å²) in [4.78, 5) is 14.0. The van der Waals surface area contributed by atoms with Crippen molar-refractivity contribution in [3.05, 3.63) is 22.7 Å². The molecule has 5 N–H and O–H groups in total. The van der Waals surface area contributed by atoms with Crippen molar-refractivity contribution in [3.63, 3.8) is 0 Å². The van der Waals surface area contributed by atoms with E-state index in [2.05, 4.69) is 60.2 Å². The first-order valence-corrected chi connectivity index (χ1v) is 10.5. The van der Waals surface area contributed by atoms with Gasteiger partial charge in [-0.15, -0.1) is 0 Å². The minimum Gasteiger partial charge on any atom is -0.362 e. The highest BCUT2D eigenvalue weighted by Crippen LogP contribution is 2.26. The Morgan fingerprint density at radius 3 is 2.75 bits per heavy atom. The lowest BCUT2D eigenvalue weighted by Crippen LogP contribution is -2.33. The van der Waals surface area contributed by atoms with Gasteiger partial charge in [-0.05, 0) is 55.5 Å². The van der Waals surface area contributed by atoms with Crippen LogP contribution in [-0.2, 0) is 6.54 Å². The summed E-state index contributed by atoms with van der Waals surface area (Å²) in [5.41, 5.74) is 8.57. The highest BCUT2D eigenvalue weighted by atomic mass is 79.9. The summed E-state index contributed by atoms with van der Waals surface area (Å²) in [5, 5.41) is 13.9. The zero-order valence-corrected chi connectivity index (χ0v) is 17.7. The van der Waals surface area contributed by atoms with Crippen molar-refractivity contribution in [2.75, 3.05) is 10.6 Å². The zero-order valence-electron chi connectivity index (χ0n) is 16.1. The Labute approximate surface area is 172 Å². The fourth-order valence-corrected chi connectivity index (χ4v) is 3.85. The summed E-state index contributed by atoms with van der Waals surface area (Å²) in [5.74, 6) is 1.34. The standard InChI is InChI=1S/C18H26BrN9/c1-10(2)28-9-22-15-16(21-8-14-13(19)7-23-27-14)25-18(26-17(15)28)24-12-5-3-11(20)4-6-12/h7,9-12H,3-6,8,20H2,1-2H3,(H,23,27)(H2,21,24,25,26). The number of H-pyrrole nitrogens is 1. The molecule has 3 aromatic heterocycles. The Bertz CT molecular complexity index is 940. The number of aromatic amines is 1. The molecular formula is C18H26BrN9. The molecule has 28 heavy (non-hydrogen) atoms. The summed E-state index contributed by atoms with van der Waals surface area (Å²) in [6, 6.07) is 0.922. The monoisotopic (exact) mass is 447 g/mol. The lowest BCUT2D eigenvalue weighted by atomic mass is 9.92. The van der Waals surface area contributed by atoms with E-state index in [-0.39, 0.29) is 6.04 Å². The Morgan fingerprint density at radius 1 is 1.29 bits per heavy atom. The normalized spacial score (nSPS) is 20.0. The Morgan fingerprint density at radius 2 is 2.07 bits per heavy atom. The highest BCUT2D eigenvalue weighted by Gasteiger charge is 2.21. The van der Waals surface area contributed by atoms with Crippen LogP contribution in [-0.4, -0.2) is 41.8 Å². The maximum atomic E-state index is 6.03. The average Bonchev–Trinajstić information content (AvgIpc) is 3.28. The first-order valence-electron chi connectivity index (χ1n) is 9.69. The number of nitrogens with zero attached hydrogens (tertiary/aromatic N) is 5. The number of rotatable bonds is 6. The predicted molar refractivity (Wildman–Crippen MR) is 113 cm³/mol. The first-order chi connectivity index (χ1) is 13.5. The number of hydrogen-bond donors (Lipinski definition) is 4. The molecule has 0 radical (unpaired) electrons. The van der Waals surface area contributed by atoms with E-state index in [1.807, 2.05) is 6.33 Å². The fraction of sp³-hybridized carbons (Fsp3) is 0.556. The van der Waals surface area contributed by atoms with Crippen molar-refractivity contribution in [1.29, 1.82) is 0 Å². The molecule has 4 rings (SSSR count). The number of fused-ring (bicyclic) bond motifs is 1. The van der Waals surface area contributed by atoms with Crippen molar-refractivity contribution in [1.82, 2.24) is 29.7 Å². The molecule has 1 aliphatic carbocycles. The van der Waals surface area contributed by atoms with Crippen LogP contribution in [0.2, 0.25) is 0 Å². The highest BCUT2D eigenvalue weighted by molar-refractivity contribution is 9.10. The molecule has 0 amide bonds. The van der Waals surface area contributed by atoms with Gasteiger partial charge in [0.1, 0.15) is 0 Å². The van der Waals surface area contributed by atoms with E-state index in [1.54, 1.807) is 6.20 Å². The van der Waals surface area contributed by atoms with Crippen LogP contribution >= 0.6 is 15.9 Å². The summed E-state index contributed by atoms with van der Waals surface area (Å²) in [6.07, 6.45) is 7.70. The molecule has 1 saturated carbocycles. The van der Waals surface area contributed by atoms with Gasteiger partial charge in [-0.25, -0.2) is 4.98 Å². The van der Waals surface area contributed by atoms with Gasteiger partial charge >= 0.3 is 0 Å². The summed E-state index contributed by atoms with van der Waals surface area (Å²) in [7, 11) is 0. The second kappa shape index (κ2) is 8.04. The van der Waals surface area contributed by atoms with Gasteiger partial charge in [0, 0.05) is 18.1 Å². The molecule has 0 aromatic carbocycles. The van der Waals surface area contributed by atoms with Crippen LogP contribution in [0.3, 0.4) is 0 Å².